The maximum atomic E-state index is 6.31. The summed E-state index contributed by atoms with van der Waals surface area (Å²) in [6, 6.07) is 6.51. The molecule has 0 bridgehead atoms. The highest BCUT2D eigenvalue weighted by Gasteiger charge is 2.17. The molecule has 0 aliphatic rings. The molecule has 1 rings (SSSR count). The third-order valence-electron chi connectivity index (χ3n) is 3.16. The van der Waals surface area contributed by atoms with E-state index >= 15 is 0 Å². The van der Waals surface area contributed by atoms with Crippen molar-refractivity contribution in [3.8, 4) is 0 Å². The van der Waals surface area contributed by atoms with E-state index in [0.29, 0.717) is 5.92 Å². The molecule has 0 saturated heterocycles. The van der Waals surface area contributed by atoms with Crippen LogP contribution in [0.1, 0.15) is 43.9 Å². The summed E-state index contributed by atoms with van der Waals surface area (Å²) in [7, 11) is 0. The monoisotopic (exact) mass is 269 g/mol. The second kappa shape index (κ2) is 5.66. The first-order valence-electron chi connectivity index (χ1n) is 5.61. The maximum absolute atomic E-state index is 6.31. The Morgan fingerprint density at radius 1 is 1.27 bits per heavy atom. The van der Waals surface area contributed by atoms with Crippen molar-refractivity contribution in [1.82, 2.24) is 0 Å². The van der Waals surface area contributed by atoms with Crippen molar-refractivity contribution in [1.29, 1.82) is 0 Å². The number of hydrogen-bond acceptors (Lipinski definition) is 1. The summed E-state index contributed by atoms with van der Waals surface area (Å²) in [6.45, 7) is 6.55. The van der Waals surface area contributed by atoms with Crippen molar-refractivity contribution in [2.75, 3.05) is 0 Å². The smallest absolute Gasteiger partial charge is 0.0326 e. The van der Waals surface area contributed by atoms with Crippen LogP contribution in [0.5, 0.6) is 0 Å². The minimum atomic E-state index is 0.164. The summed E-state index contributed by atoms with van der Waals surface area (Å²) >= 11 is 3.50. The molecule has 0 fully saturated rings. The van der Waals surface area contributed by atoms with Crippen molar-refractivity contribution < 1.29 is 0 Å². The third kappa shape index (κ3) is 3.05. The fraction of sp³-hybridized carbons (Fsp3) is 0.538. The molecule has 0 spiro atoms. The van der Waals surface area contributed by atoms with Gasteiger partial charge in [-0.05, 0) is 36.1 Å². The van der Waals surface area contributed by atoms with Crippen LogP contribution in [-0.4, -0.2) is 0 Å². The van der Waals surface area contributed by atoms with Crippen molar-refractivity contribution in [2.45, 2.75) is 39.7 Å². The SMILES string of the molecule is CCC(CC)C(N)c1cc(Br)ccc1C. The van der Waals surface area contributed by atoms with Gasteiger partial charge in [-0.15, -0.1) is 0 Å². The molecular weight excluding hydrogens is 250 g/mol. The number of hydrogen-bond donors (Lipinski definition) is 1. The van der Waals surface area contributed by atoms with Crippen LogP contribution in [0.2, 0.25) is 0 Å². The summed E-state index contributed by atoms with van der Waals surface area (Å²) in [5, 5.41) is 0. The number of benzene rings is 1. The first kappa shape index (κ1) is 12.7. The molecule has 0 heterocycles. The minimum Gasteiger partial charge on any atom is -0.324 e. The fourth-order valence-electron chi connectivity index (χ4n) is 2.02. The maximum Gasteiger partial charge on any atom is 0.0326 e. The lowest BCUT2D eigenvalue weighted by Crippen LogP contribution is -2.21. The number of rotatable bonds is 4. The standard InChI is InChI=1S/C13H20BrN/c1-4-10(5-2)13(15)12-8-11(14)7-6-9(12)3/h6-8,10,13H,4-5,15H2,1-3H3. The average Bonchev–Trinajstić information content (AvgIpc) is 2.23. The molecule has 0 amide bonds. The first-order valence-corrected chi connectivity index (χ1v) is 6.41. The summed E-state index contributed by atoms with van der Waals surface area (Å²) in [6.07, 6.45) is 2.28. The molecule has 1 nitrogen and oxygen atoms in total. The summed E-state index contributed by atoms with van der Waals surface area (Å²) in [4.78, 5) is 0. The van der Waals surface area contributed by atoms with Gasteiger partial charge in [-0.3, -0.25) is 0 Å². The molecule has 0 aromatic heterocycles. The Labute approximate surface area is 101 Å². The predicted molar refractivity (Wildman–Crippen MR) is 69.9 cm³/mol. The zero-order valence-electron chi connectivity index (χ0n) is 9.76. The van der Waals surface area contributed by atoms with E-state index in [1.807, 2.05) is 0 Å². The van der Waals surface area contributed by atoms with E-state index in [-0.39, 0.29) is 6.04 Å². The van der Waals surface area contributed by atoms with Gasteiger partial charge in [-0.2, -0.15) is 0 Å². The Kier molecular flexibility index (Phi) is 4.81. The highest BCUT2D eigenvalue weighted by Crippen LogP contribution is 2.29. The summed E-state index contributed by atoms with van der Waals surface area (Å²) in [5.41, 5.74) is 8.87. The number of halogens is 1. The zero-order chi connectivity index (χ0) is 11.4. The molecule has 1 aromatic carbocycles. The van der Waals surface area contributed by atoms with Crippen LogP contribution in [0.25, 0.3) is 0 Å². The van der Waals surface area contributed by atoms with Gasteiger partial charge in [0.05, 0.1) is 0 Å². The molecular formula is C13H20BrN. The van der Waals surface area contributed by atoms with Gasteiger partial charge < -0.3 is 5.73 Å². The van der Waals surface area contributed by atoms with Gasteiger partial charge in [0.1, 0.15) is 0 Å². The molecule has 0 aliphatic carbocycles. The molecule has 2 N–H and O–H groups in total. The Morgan fingerprint density at radius 2 is 1.87 bits per heavy atom. The summed E-state index contributed by atoms with van der Waals surface area (Å²) < 4.78 is 1.12. The van der Waals surface area contributed by atoms with Crippen molar-refractivity contribution in [2.24, 2.45) is 11.7 Å². The van der Waals surface area contributed by atoms with Crippen LogP contribution in [0.15, 0.2) is 22.7 Å². The molecule has 0 radical (unpaired) electrons. The van der Waals surface area contributed by atoms with E-state index < -0.39 is 0 Å². The quantitative estimate of drug-likeness (QED) is 0.872. The van der Waals surface area contributed by atoms with E-state index in [2.05, 4.69) is 54.9 Å². The van der Waals surface area contributed by atoms with Gasteiger partial charge in [-0.25, -0.2) is 0 Å². The second-order valence-electron chi connectivity index (χ2n) is 4.10. The molecule has 1 atom stereocenters. The zero-order valence-corrected chi connectivity index (χ0v) is 11.3. The summed E-state index contributed by atoms with van der Waals surface area (Å²) in [5.74, 6) is 0.581. The Balaban J connectivity index is 2.98. The molecule has 0 aliphatic heterocycles. The van der Waals surface area contributed by atoms with Gasteiger partial charge in [-0.1, -0.05) is 48.7 Å². The highest BCUT2D eigenvalue weighted by molar-refractivity contribution is 9.10. The average molecular weight is 270 g/mol. The second-order valence-corrected chi connectivity index (χ2v) is 5.02. The van der Waals surface area contributed by atoms with E-state index in [1.54, 1.807) is 0 Å². The first-order chi connectivity index (χ1) is 7.10. The Hall–Kier alpha value is -0.340. The Bertz CT molecular complexity index is 318. The molecule has 0 saturated carbocycles. The molecule has 15 heavy (non-hydrogen) atoms. The van der Waals surface area contributed by atoms with Crippen molar-refractivity contribution >= 4 is 15.9 Å². The normalized spacial score (nSPS) is 13.2. The lowest BCUT2D eigenvalue weighted by atomic mass is 9.87. The van der Waals surface area contributed by atoms with Crippen LogP contribution in [0, 0.1) is 12.8 Å². The van der Waals surface area contributed by atoms with Gasteiger partial charge in [0, 0.05) is 10.5 Å². The van der Waals surface area contributed by atoms with Gasteiger partial charge in [0.15, 0.2) is 0 Å². The van der Waals surface area contributed by atoms with Crippen LogP contribution in [-0.2, 0) is 0 Å². The van der Waals surface area contributed by atoms with Crippen LogP contribution in [0.3, 0.4) is 0 Å². The topological polar surface area (TPSA) is 26.0 Å². The molecule has 84 valence electrons. The van der Waals surface area contributed by atoms with Crippen LogP contribution in [0.4, 0.5) is 0 Å². The largest absolute Gasteiger partial charge is 0.324 e. The van der Waals surface area contributed by atoms with Crippen molar-refractivity contribution in [3.63, 3.8) is 0 Å². The van der Waals surface area contributed by atoms with E-state index in [9.17, 15) is 0 Å². The predicted octanol–water partition coefficient (Wildman–Crippen LogP) is 4.19. The van der Waals surface area contributed by atoms with Gasteiger partial charge in [0.2, 0.25) is 0 Å². The van der Waals surface area contributed by atoms with E-state index in [4.69, 9.17) is 5.73 Å². The lowest BCUT2D eigenvalue weighted by Gasteiger charge is -2.23. The molecule has 2 heteroatoms. The highest BCUT2D eigenvalue weighted by atomic mass is 79.9. The van der Waals surface area contributed by atoms with Crippen LogP contribution >= 0.6 is 15.9 Å². The minimum absolute atomic E-state index is 0.164. The van der Waals surface area contributed by atoms with E-state index in [1.165, 1.54) is 11.1 Å². The van der Waals surface area contributed by atoms with Crippen molar-refractivity contribution in [3.05, 3.63) is 33.8 Å². The Morgan fingerprint density at radius 3 is 2.40 bits per heavy atom. The lowest BCUT2D eigenvalue weighted by molar-refractivity contribution is 0.404. The number of nitrogens with two attached hydrogens (primary N) is 1. The third-order valence-corrected chi connectivity index (χ3v) is 3.65. The van der Waals surface area contributed by atoms with Gasteiger partial charge in [0.25, 0.3) is 0 Å². The van der Waals surface area contributed by atoms with Gasteiger partial charge >= 0.3 is 0 Å². The van der Waals surface area contributed by atoms with Crippen LogP contribution < -0.4 is 5.73 Å². The fourth-order valence-corrected chi connectivity index (χ4v) is 2.40. The molecule has 1 unspecified atom stereocenters. The number of aryl methyl sites for hydroxylation is 1. The molecule has 1 aromatic rings. The van der Waals surface area contributed by atoms with E-state index in [0.717, 1.165) is 17.3 Å².